The number of rotatable bonds is 1. The van der Waals surface area contributed by atoms with E-state index in [0.29, 0.717) is 11.3 Å². The van der Waals surface area contributed by atoms with Crippen LogP contribution in [0.3, 0.4) is 0 Å². The molecule has 1 aliphatic heterocycles. The fraction of sp³-hybridized carbons (Fsp3) is 0.500. The zero-order valence-corrected chi connectivity index (χ0v) is 8.04. The molecule has 4 heteroatoms. The Kier molecular flexibility index (Phi) is 0.852. The molecular weight excluding hydrogens is 238 g/mol. The van der Waals surface area contributed by atoms with Crippen molar-refractivity contribution in [3.05, 3.63) is 15.9 Å². The fourth-order valence-corrected chi connectivity index (χ4v) is 1.77. The molecule has 0 atom stereocenters. The summed E-state index contributed by atoms with van der Waals surface area (Å²) in [7, 11) is 0. The normalized spacial score (nSPS) is 47.2. The lowest BCUT2D eigenvalue weighted by Crippen LogP contribution is -2.35. The van der Waals surface area contributed by atoms with Gasteiger partial charge in [-0.3, -0.25) is 0 Å². The second kappa shape index (κ2) is 3.77. The quantitative estimate of drug-likeness (QED) is 0.766. The number of hydrogen-bond donors (Lipinski definition) is 0. The molecule has 0 unspecified atom stereocenters. The van der Waals surface area contributed by atoms with E-state index in [4.69, 9.17) is 13.7 Å². The summed E-state index contributed by atoms with van der Waals surface area (Å²) in [6, 6.07) is -0.420. The van der Waals surface area contributed by atoms with E-state index in [1.165, 1.54) is 0 Å². The van der Waals surface area contributed by atoms with E-state index in [9.17, 15) is 0 Å². The van der Waals surface area contributed by atoms with Crippen molar-refractivity contribution in [2.24, 2.45) is 0 Å². The maximum absolute atomic E-state index is 7.87. The average Bonchev–Trinajstić information content (AvgIpc) is 2.54. The first-order valence-corrected chi connectivity index (χ1v) is 4.54. The topological polar surface area (TPSA) is 12.5 Å². The van der Waals surface area contributed by atoms with Crippen molar-refractivity contribution in [3.8, 4) is 0 Å². The Morgan fingerprint density at radius 2 is 2.42 bits per heavy atom. The van der Waals surface area contributed by atoms with Crippen LogP contribution >= 0.6 is 27.3 Å². The van der Waals surface area contributed by atoms with Crippen LogP contribution < -0.4 is 4.90 Å². The third-order valence-electron chi connectivity index (χ3n) is 1.07. The third-order valence-corrected chi connectivity index (χ3v) is 2.52. The Morgan fingerprint density at radius 1 is 1.67 bits per heavy atom. The SMILES string of the molecule is [2H]c1sc(N2C([2H])([2H])C([2H])([2H])OC([2H])([2H])C2([2H])[2H])c([2H])c1Br. The number of nitrogens with zero attached hydrogens (tertiary/aromatic N) is 1. The predicted molar refractivity (Wildman–Crippen MR) is 55.1 cm³/mol. The summed E-state index contributed by atoms with van der Waals surface area (Å²) >= 11 is 3.49. The van der Waals surface area contributed by atoms with Crippen molar-refractivity contribution in [1.29, 1.82) is 0 Å². The van der Waals surface area contributed by atoms with Crippen molar-refractivity contribution in [2.75, 3.05) is 31.0 Å². The van der Waals surface area contributed by atoms with Crippen LogP contribution in [0.2, 0.25) is 0 Å². The molecule has 0 amide bonds. The summed E-state index contributed by atoms with van der Waals surface area (Å²) in [4.78, 5) is 0.208. The van der Waals surface area contributed by atoms with E-state index in [-0.39, 0.29) is 14.7 Å². The van der Waals surface area contributed by atoms with Crippen LogP contribution in [0.15, 0.2) is 15.9 Å². The number of anilines is 1. The Morgan fingerprint density at radius 3 is 3.00 bits per heavy atom. The second-order valence-electron chi connectivity index (χ2n) is 1.81. The fourth-order valence-electron chi connectivity index (χ4n) is 0.632. The summed E-state index contributed by atoms with van der Waals surface area (Å²) in [5, 5.41) is -0.581. The molecule has 1 aliphatic rings. The molecular formula is C8H10BrNOS. The zero-order valence-electron chi connectivity index (χ0n) is 15.6. The Labute approximate surface area is 98.3 Å². The van der Waals surface area contributed by atoms with Gasteiger partial charge < -0.3 is 9.64 Å². The van der Waals surface area contributed by atoms with Crippen LogP contribution in [0, 0.1) is 0 Å². The summed E-state index contributed by atoms with van der Waals surface area (Å²) in [5.74, 6) is 0. The lowest BCUT2D eigenvalue weighted by molar-refractivity contribution is 0.123. The highest BCUT2D eigenvalue weighted by Gasteiger charge is 2.12. The van der Waals surface area contributed by atoms with Crippen LogP contribution in [-0.2, 0) is 4.74 Å². The lowest BCUT2D eigenvalue weighted by Gasteiger charge is -2.27. The van der Waals surface area contributed by atoms with Gasteiger partial charge in [-0.15, -0.1) is 11.3 Å². The minimum absolute atomic E-state index is 0.00767. The summed E-state index contributed by atoms with van der Waals surface area (Å²) in [5.41, 5.74) is 0. The van der Waals surface area contributed by atoms with Gasteiger partial charge in [0.15, 0.2) is 0 Å². The first-order chi connectivity index (χ1) is 9.67. The standard InChI is InChI=1S/C8H10BrNOS/c9-7-5-8(12-6-7)10-1-3-11-4-2-10/h5-6H,1-4H2/i1D2,2D2,3D2,4D2,5D,6D. The largest absolute Gasteiger partial charge is 0.378 e. The molecule has 1 aromatic rings. The van der Waals surface area contributed by atoms with E-state index in [1.54, 1.807) is 0 Å². The maximum atomic E-state index is 7.87. The van der Waals surface area contributed by atoms with Crippen LogP contribution in [0.1, 0.15) is 13.7 Å². The molecule has 0 aliphatic carbocycles. The van der Waals surface area contributed by atoms with Gasteiger partial charge in [-0.2, -0.15) is 0 Å². The van der Waals surface area contributed by atoms with Crippen LogP contribution in [-0.4, -0.2) is 26.1 Å². The van der Waals surface area contributed by atoms with Gasteiger partial charge in [0.25, 0.3) is 0 Å². The smallest absolute Gasteiger partial charge is 0.0921 e. The van der Waals surface area contributed by atoms with Crippen molar-refractivity contribution in [3.63, 3.8) is 0 Å². The number of ether oxygens (including phenoxy) is 1. The number of morpholine rings is 1. The second-order valence-corrected chi connectivity index (χ2v) is 3.40. The van der Waals surface area contributed by atoms with E-state index in [2.05, 4.69) is 20.7 Å². The van der Waals surface area contributed by atoms with Crippen molar-refractivity contribution in [1.82, 2.24) is 0 Å². The van der Waals surface area contributed by atoms with Gasteiger partial charge in [-0.1, -0.05) is 0 Å². The molecule has 2 rings (SSSR count). The minimum Gasteiger partial charge on any atom is -0.378 e. The van der Waals surface area contributed by atoms with Crippen molar-refractivity contribution >= 4 is 32.3 Å². The van der Waals surface area contributed by atoms with Crippen LogP contribution in [0.4, 0.5) is 5.00 Å². The minimum atomic E-state index is -3.17. The van der Waals surface area contributed by atoms with Gasteiger partial charge in [0, 0.05) is 22.8 Å². The van der Waals surface area contributed by atoms with E-state index < -0.39 is 37.2 Å². The Balaban J connectivity index is 2.75. The van der Waals surface area contributed by atoms with E-state index in [0.717, 1.165) is 0 Å². The molecule has 1 aromatic heterocycles. The molecule has 0 saturated carbocycles. The highest BCUT2D eigenvalue weighted by atomic mass is 79.9. The van der Waals surface area contributed by atoms with Gasteiger partial charge >= 0.3 is 0 Å². The van der Waals surface area contributed by atoms with Gasteiger partial charge in [0.1, 0.15) is 0 Å². The first-order valence-electron chi connectivity index (χ1n) is 7.93. The number of thiophene rings is 1. The molecule has 2 heterocycles. The van der Waals surface area contributed by atoms with E-state index in [1.807, 2.05) is 0 Å². The summed E-state index contributed by atoms with van der Waals surface area (Å²) < 4.78 is 81.6. The molecule has 0 aromatic carbocycles. The zero-order chi connectivity index (χ0) is 17.3. The molecule has 12 heavy (non-hydrogen) atoms. The monoisotopic (exact) mass is 257 g/mol. The molecule has 0 bridgehead atoms. The molecule has 66 valence electrons. The van der Waals surface area contributed by atoms with Gasteiger partial charge in [0.05, 0.1) is 31.8 Å². The van der Waals surface area contributed by atoms with Crippen molar-refractivity contribution < 1.29 is 18.4 Å². The highest BCUT2D eigenvalue weighted by Crippen LogP contribution is 2.28. The van der Waals surface area contributed by atoms with Gasteiger partial charge in [-0.05, 0) is 22.0 Å². The average molecular weight is 258 g/mol. The third kappa shape index (κ3) is 1.81. The Hall–Kier alpha value is -0.0600. The Bertz CT molecular complexity index is 590. The predicted octanol–water partition coefficient (Wildman–Crippen LogP) is 2.35. The van der Waals surface area contributed by atoms with Crippen LogP contribution in [0.25, 0.3) is 0 Å². The molecule has 0 N–H and O–H groups in total. The lowest BCUT2D eigenvalue weighted by atomic mass is 10.4. The maximum Gasteiger partial charge on any atom is 0.0921 e. The number of hydrogen-bond acceptors (Lipinski definition) is 3. The molecule has 1 saturated heterocycles. The number of halogens is 1. The highest BCUT2D eigenvalue weighted by molar-refractivity contribution is 9.10. The van der Waals surface area contributed by atoms with Crippen molar-refractivity contribution in [2.45, 2.75) is 0 Å². The summed E-state index contributed by atoms with van der Waals surface area (Å²) in [6.45, 7) is -12.6. The van der Waals surface area contributed by atoms with Gasteiger partial charge in [-0.25, -0.2) is 0 Å². The first kappa shape index (κ1) is 2.72. The van der Waals surface area contributed by atoms with Crippen LogP contribution in [0.5, 0.6) is 0 Å². The summed E-state index contributed by atoms with van der Waals surface area (Å²) in [6.07, 6.45) is 0. The van der Waals surface area contributed by atoms with Gasteiger partial charge in [0.2, 0.25) is 0 Å². The molecule has 0 spiro atoms. The van der Waals surface area contributed by atoms with E-state index >= 15 is 0 Å². The molecule has 1 fully saturated rings. The molecule has 2 nitrogen and oxygen atoms in total. The molecule has 0 radical (unpaired) electrons.